The van der Waals surface area contributed by atoms with Gasteiger partial charge in [-0.1, -0.05) is 29.7 Å². The van der Waals surface area contributed by atoms with Crippen LogP contribution in [-0.4, -0.2) is 20.8 Å². The molecule has 1 aromatic rings. The van der Waals surface area contributed by atoms with Crippen molar-refractivity contribution in [2.75, 3.05) is 6.61 Å². The second-order valence-corrected chi connectivity index (χ2v) is 8.27. The van der Waals surface area contributed by atoms with Gasteiger partial charge in [0, 0.05) is 11.8 Å². The first-order valence-electron chi connectivity index (χ1n) is 8.11. The molecule has 0 radical (unpaired) electrons. The smallest absolute Gasteiger partial charge is 0.295 e. The molecule has 3 rings (SSSR count). The molecule has 2 aliphatic rings. The number of benzene rings is 1. The highest BCUT2D eigenvalue weighted by Gasteiger charge is 2.40. The van der Waals surface area contributed by atoms with Crippen molar-refractivity contribution in [3.63, 3.8) is 0 Å². The van der Waals surface area contributed by atoms with E-state index in [9.17, 15) is 13.2 Å². The Morgan fingerprint density at radius 3 is 2.57 bits per heavy atom. The first kappa shape index (κ1) is 16.4. The minimum atomic E-state index is -3.76. The lowest BCUT2D eigenvalue weighted by Crippen LogP contribution is -2.36. The number of allylic oxidation sites excluding steroid dienone is 1. The van der Waals surface area contributed by atoms with Crippen LogP contribution in [0.25, 0.3) is 0 Å². The zero-order valence-corrected chi connectivity index (χ0v) is 14.2. The van der Waals surface area contributed by atoms with Crippen LogP contribution in [0.15, 0.2) is 40.8 Å². The lowest BCUT2D eigenvalue weighted by Gasteiger charge is -2.41. The van der Waals surface area contributed by atoms with E-state index >= 15 is 0 Å². The molecule has 0 amide bonds. The quantitative estimate of drug-likeness (QED) is 0.790. The number of ketones is 1. The molecule has 0 heterocycles. The third-order valence-corrected chi connectivity index (χ3v) is 6.30. The van der Waals surface area contributed by atoms with Crippen LogP contribution in [0.2, 0.25) is 0 Å². The van der Waals surface area contributed by atoms with Crippen molar-refractivity contribution in [3.05, 3.63) is 41.5 Å². The Hall–Kier alpha value is -1.46. The lowest BCUT2D eigenvalue weighted by molar-refractivity contribution is -0.116. The van der Waals surface area contributed by atoms with Crippen LogP contribution >= 0.6 is 0 Å². The lowest BCUT2D eigenvalue weighted by atomic mass is 9.65. The number of carbonyl (C=O) groups excluding carboxylic acids is 1. The van der Waals surface area contributed by atoms with Gasteiger partial charge >= 0.3 is 0 Å². The summed E-state index contributed by atoms with van der Waals surface area (Å²) >= 11 is 0. The van der Waals surface area contributed by atoms with E-state index in [0.29, 0.717) is 12.8 Å². The molecule has 0 aromatic heterocycles. The van der Waals surface area contributed by atoms with Crippen molar-refractivity contribution in [2.24, 2.45) is 5.41 Å². The maximum atomic E-state index is 12.4. The van der Waals surface area contributed by atoms with E-state index < -0.39 is 10.1 Å². The average molecular weight is 334 g/mol. The van der Waals surface area contributed by atoms with Gasteiger partial charge in [0.15, 0.2) is 5.78 Å². The van der Waals surface area contributed by atoms with E-state index in [1.54, 1.807) is 30.3 Å². The molecular weight excluding hydrogens is 312 g/mol. The summed E-state index contributed by atoms with van der Waals surface area (Å²) in [7, 11) is -3.76. The molecule has 2 aliphatic carbocycles. The summed E-state index contributed by atoms with van der Waals surface area (Å²) in [4.78, 5) is 11.9. The summed E-state index contributed by atoms with van der Waals surface area (Å²) in [6, 6.07) is 6.67. The van der Waals surface area contributed by atoms with Crippen LogP contribution in [0, 0.1) is 12.3 Å². The van der Waals surface area contributed by atoms with Gasteiger partial charge < -0.3 is 0 Å². The zero-order chi connectivity index (χ0) is 16.5. The summed E-state index contributed by atoms with van der Waals surface area (Å²) in [6.45, 7) is 2.05. The highest BCUT2D eigenvalue weighted by Crippen LogP contribution is 2.47. The van der Waals surface area contributed by atoms with E-state index in [1.165, 1.54) is 0 Å². The van der Waals surface area contributed by atoms with Gasteiger partial charge in [-0.05, 0) is 50.8 Å². The van der Waals surface area contributed by atoms with Crippen LogP contribution in [0.3, 0.4) is 0 Å². The SMILES string of the molecule is Cc1ccc(S(=O)(=O)OC[C@@]23CCCCC2=CC(=O)CC3)cc1. The molecule has 0 saturated heterocycles. The standard InChI is InChI=1S/C18H22O4S/c1-14-5-7-17(8-6-14)23(20,21)22-13-18-10-3-2-4-15(18)12-16(19)9-11-18/h5-8,12H,2-4,9-11,13H2,1H3/t18-/m0/s1. The maximum Gasteiger partial charge on any atom is 0.297 e. The average Bonchev–Trinajstić information content (AvgIpc) is 2.54. The van der Waals surface area contributed by atoms with Crippen LogP contribution in [-0.2, 0) is 19.1 Å². The highest BCUT2D eigenvalue weighted by atomic mass is 32.2. The minimum Gasteiger partial charge on any atom is -0.295 e. The molecule has 0 bridgehead atoms. The Morgan fingerprint density at radius 2 is 1.83 bits per heavy atom. The highest BCUT2D eigenvalue weighted by molar-refractivity contribution is 7.86. The fourth-order valence-corrected chi connectivity index (χ4v) is 4.53. The monoisotopic (exact) mass is 334 g/mol. The molecule has 5 heteroatoms. The molecule has 1 saturated carbocycles. The van der Waals surface area contributed by atoms with Crippen molar-refractivity contribution in [3.8, 4) is 0 Å². The van der Waals surface area contributed by atoms with E-state index in [-0.39, 0.29) is 22.7 Å². The Labute approximate surface area is 137 Å². The largest absolute Gasteiger partial charge is 0.297 e. The summed E-state index contributed by atoms with van der Waals surface area (Å²) < 4.78 is 30.2. The van der Waals surface area contributed by atoms with Gasteiger partial charge in [-0.25, -0.2) is 0 Å². The summed E-state index contributed by atoms with van der Waals surface area (Å²) in [5, 5.41) is 0. The molecule has 0 spiro atoms. The Kier molecular flexibility index (Phi) is 4.43. The number of fused-ring (bicyclic) bond motifs is 1. The minimum absolute atomic E-state index is 0.141. The molecule has 1 aromatic carbocycles. The number of aryl methyl sites for hydroxylation is 1. The summed E-state index contributed by atoms with van der Waals surface area (Å²) in [5.41, 5.74) is 1.81. The Morgan fingerprint density at radius 1 is 1.09 bits per heavy atom. The van der Waals surface area contributed by atoms with Crippen LogP contribution < -0.4 is 0 Å². The van der Waals surface area contributed by atoms with Gasteiger partial charge in [0.2, 0.25) is 0 Å². The molecule has 4 nitrogen and oxygen atoms in total. The fourth-order valence-electron chi connectivity index (χ4n) is 3.54. The first-order valence-corrected chi connectivity index (χ1v) is 9.52. The molecule has 1 fully saturated rings. The van der Waals surface area contributed by atoms with E-state index in [2.05, 4.69) is 0 Å². The second-order valence-electron chi connectivity index (χ2n) is 6.65. The number of rotatable bonds is 4. The fraction of sp³-hybridized carbons (Fsp3) is 0.500. The normalized spacial score (nSPS) is 24.9. The molecular formula is C18H22O4S. The molecule has 1 atom stereocenters. The van der Waals surface area contributed by atoms with Crippen LogP contribution in [0.5, 0.6) is 0 Å². The predicted molar refractivity (Wildman–Crippen MR) is 87.5 cm³/mol. The Bertz CT molecular complexity index is 731. The van der Waals surface area contributed by atoms with Gasteiger partial charge in [-0.2, -0.15) is 8.42 Å². The zero-order valence-electron chi connectivity index (χ0n) is 13.4. The summed E-state index contributed by atoms with van der Waals surface area (Å²) in [6.07, 6.45) is 6.79. The molecule has 0 aliphatic heterocycles. The Balaban J connectivity index is 1.79. The number of carbonyl (C=O) groups is 1. The van der Waals surface area contributed by atoms with Crippen molar-refractivity contribution in [2.45, 2.75) is 50.3 Å². The maximum absolute atomic E-state index is 12.4. The van der Waals surface area contributed by atoms with Gasteiger partial charge in [-0.15, -0.1) is 0 Å². The third-order valence-electron chi connectivity index (χ3n) is 5.02. The second kappa shape index (κ2) is 6.21. The molecule has 0 N–H and O–H groups in total. The van der Waals surface area contributed by atoms with Gasteiger partial charge in [0.25, 0.3) is 10.1 Å². The first-order chi connectivity index (χ1) is 10.9. The molecule has 0 unspecified atom stereocenters. The topological polar surface area (TPSA) is 60.4 Å². The van der Waals surface area contributed by atoms with E-state index in [0.717, 1.165) is 36.8 Å². The van der Waals surface area contributed by atoms with Gasteiger partial charge in [0.1, 0.15) is 0 Å². The summed E-state index contributed by atoms with van der Waals surface area (Å²) in [5.74, 6) is 0.152. The predicted octanol–water partition coefficient (Wildman–Crippen LogP) is 3.55. The van der Waals surface area contributed by atoms with E-state index in [4.69, 9.17) is 4.18 Å². The van der Waals surface area contributed by atoms with Crippen molar-refractivity contribution in [1.82, 2.24) is 0 Å². The van der Waals surface area contributed by atoms with Crippen molar-refractivity contribution in [1.29, 1.82) is 0 Å². The van der Waals surface area contributed by atoms with Crippen molar-refractivity contribution < 1.29 is 17.4 Å². The van der Waals surface area contributed by atoms with Gasteiger partial charge in [0.05, 0.1) is 11.5 Å². The number of hydrogen-bond acceptors (Lipinski definition) is 4. The van der Waals surface area contributed by atoms with E-state index in [1.807, 2.05) is 6.92 Å². The van der Waals surface area contributed by atoms with Crippen LogP contribution in [0.1, 0.15) is 44.1 Å². The van der Waals surface area contributed by atoms with Crippen LogP contribution in [0.4, 0.5) is 0 Å². The third kappa shape index (κ3) is 3.40. The molecule has 23 heavy (non-hydrogen) atoms. The van der Waals surface area contributed by atoms with Gasteiger partial charge in [-0.3, -0.25) is 8.98 Å². The molecule has 124 valence electrons. The number of hydrogen-bond donors (Lipinski definition) is 0. The van der Waals surface area contributed by atoms with Crippen molar-refractivity contribution >= 4 is 15.9 Å².